The largest absolute Gasteiger partial charge is 0.479 e. The Bertz CT molecular complexity index is 404. The van der Waals surface area contributed by atoms with Gasteiger partial charge in [0.2, 0.25) is 5.91 Å². The van der Waals surface area contributed by atoms with E-state index in [-0.39, 0.29) is 12.3 Å². The molecule has 5 nitrogen and oxygen atoms in total. The Hall–Kier alpha value is -1.88. The molecule has 0 aliphatic carbocycles. The average molecular weight is 250 g/mol. The Morgan fingerprint density at radius 1 is 1.28 bits per heavy atom. The molecule has 0 aliphatic heterocycles. The number of nitrogens with one attached hydrogen (secondary N) is 1. The molecular formula is C13H18N2O3. The molecule has 1 amide bonds. The van der Waals surface area contributed by atoms with Crippen LogP contribution < -0.4 is 5.32 Å². The van der Waals surface area contributed by atoms with Gasteiger partial charge in [-0.3, -0.25) is 4.79 Å². The van der Waals surface area contributed by atoms with Crippen LogP contribution in [0.4, 0.5) is 0 Å². The van der Waals surface area contributed by atoms with Gasteiger partial charge in [-0.05, 0) is 19.7 Å². The Morgan fingerprint density at radius 3 is 2.39 bits per heavy atom. The Morgan fingerprint density at radius 2 is 1.89 bits per heavy atom. The number of benzene rings is 1. The molecule has 1 rings (SSSR count). The number of aliphatic carboxylic acids is 1. The highest BCUT2D eigenvalue weighted by atomic mass is 16.4. The second-order valence-corrected chi connectivity index (χ2v) is 4.30. The topological polar surface area (TPSA) is 69.6 Å². The summed E-state index contributed by atoms with van der Waals surface area (Å²) in [4.78, 5) is 24.7. The summed E-state index contributed by atoms with van der Waals surface area (Å²) < 4.78 is 0. The maximum atomic E-state index is 11.6. The highest BCUT2D eigenvalue weighted by Crippen LogP contribution is 2.12. The molecule has 1 aromatic carbocycles. The molecular weight excluding hydrogens is 232 g/mol. The maximum absolute atomic E-state index is 11.6. The van der Waals surface area contributed by atoms with Gasteiger partial charge >= 0.3 is 5.97 Å². The van der Waals surface area contributed by atoms with Crippen LogP contribution in [0, 0.1) is 0 Å². The van der Waals surface area contributed by atoms with E-state index in [4.69, 9.17) is 5.11 Å². The van der Waals surface area contributed by atoms with Crippen molar-refractivity contribution >= 4 is 11.9 Å². The lowest BCUT2D eigenvalue weighted by molar-refractivity contribution is -0.142. The van der Waals surface area contributed by atoms with Crippen molar-refractivity contribution < 1.29 is 14.7 Å². The minimum Gasteiger partial charge on any atom is -0.479 e. The molecule has 2 N–H and O–H groups in total. The van der Waals surface area contributed by atoms with Crippen molar-refractivity contribution in [2.75, 3.05) is 20.6 Å². The number of hydrogen-bond donors (Lipinski definition) is 2. The number of carbonyl (C=O) groups is 2. The SMILES string of the molecule is CN(C)CCC(=O)N[C@@H](C(=O)O)c1ccccc1. The van der Waals surface area contributed by atoms with Crippen LogP contribution in [-0.4, -0.2) is 42.5 Å². The fourth-order valence-corrected chi connectivity index (χ4v) is 1.49. The van der Waals surface area contributed by atoms with Crippen LogP contribution >= 0.6 is 0 Å². The molecule has 0 heterocycles. The fraction of sp³-hybridized carbons (Fsp3) is 0.385. The second kappa shape index (κ2) is 6.76. The lowest BCUT2D eigenvalue weighted by Gasteiger charge is -2.16. The summed E-state index contributed by atoms with van der Waals surface area (Å²) in [5.41, 5.74) is 0.572. The quantitative estimate of drug-likeness (QED) is 0.786. The van der Waals surface area contributed by atoms with E-state index in [0.29, 0.717) is 12.1 Å². The monoisotopic (exact) mass is 250 g/mol. The molecule has 0 unspecified atom stereocenters. The van der Waals surface area contributed by atoms with Crippen LogP contribution in [0.25, 0.3) is 0 Å². The first-order valence-corrected chi connectivity index (χ1v) is 5.72. The zero-order chi connectivity index (χ0) is 13.5. The fourth-order valence-electron chi connectivity index (χ4n) is 1.49. The predicted octanol–water partition coefficient (Wildman–Crippen LogP) is 0.880. The second-order valence-electron chi connectivity index (χ2n) is 4.30. The third-order valence-electron chi connectivity index (χ3n) is 2.47. The molecule has 18 heavy (non-hydrogen) atoms. The van der Waals surface area contributed by atoms with Crippen LogP contribution in [-0.2, 0) is 9.59 Å². The molecule has 0 bridgehead atoms. The Balaban J connectivity index is 2.65. The standard InChI is InChI=1S/C13H18N2O3/c1-15(2)9-8-11(16)14-12(13(17)18)10-6-4-3-5-7-10/h3-7,12H,8-9H2,1-2H3,(H,14,16)(H,17,18)/t12-/m1/s1. The average Bonchev–Trinajstić information content (AvgIpc) is 2.34. The molecule has 98 valence electrons. The summed E-state index contributed by atoms with van der Waals surface area (Å²) >= 11 is 0. The van der Waals surface area contributed by atoms with Crippen molar-refractivity contribution in [3.63, 3.8) is 0 Å². The zero-order valence-electron chi connectivity index (χ0n) is 10.6. The lowest BCUT2D eigenvalue weighted by Crippen LogP contribution is -2.35. The van der Waals surface area contributed by atoms with E-state index in [9.17, 15) is 9.59 Å². The number of carboxylic acids is 1. The first kappa shape index (κ1) is 14.2. The lowest BCUT2D eigenvalue weighted by atomic mass is 10.1. The predicted molar refractivity (Wildman–Crippen MR) is 68.1 cm³/mol. The van der Waals surface area contributed by atoms with Crippen molar-refractivity contribution in [2.45, 2.75) is 12.5 Å². The van der Waals surface area contributed by atoms with Crippen LogP contribution in [0.5, 0.6) is 0 Å². The molecule has 0 aromatic heterocycles. The minimum atomic E-state index is -1.06. The molecule has 0 spiro atoms. The minimum absolute atomic E-state index is 0.264. The number of carboxylic acid groups (broad SMARTS) is 1. The zero-order valence-corrected chi connectivity index (χ0v) is 10.6. The molecule has 0 aliphatic rings. The van der Waals surface area contributed by atoms with Gasteiger partial charge < -0.3 is 15.3 Å². The molecule has 0 radical (unpaired) electrons. The number of rotatable bonds is 6. The first-order chi connectivity index (χ1) is 8.50. The number of amides is 1. The van der Waals surface area contributed by atoms with E-state index in [1.54, 1.807) is 30.3 Å². The van der Waals surface area contributed by atoms with Crippen molar-refractivity contribution in [1.82, 2.24) is 10.2 Å². The van der Waals surface area contributed by atoms with Gasteiger partial charge in [0, 0.05) is 13.0 Å². The maximum Gasteiger partial charge on any atom is 0.330 e. The van der Waals surface area contributed by atoms with Crippen LogP contribution in [0.3, 0.4) is 0 Å². The molecule has 1 atom stereocenters. The molecule has 5 heteroatoms. The number of hydrogen-bond acceptors (Lipinski definition) is 3. The number of nitrogens with zero attached hydrogens (tertiary/aromatic N) is 1. The van der Waals surface area contributed by atoms with Crippen molar-refractivity contribution in [2.24, 2.45) is 0 Å². The third kappa shape index (κ3) is 4.55. The van der Waals surface area contributed by atoms with Gasteiger partial charge in [0.25, 0.3) is 0 Å². The first-order valence-electron chi connectivity index (χ1n) is 5.72. The molecule has 1 aromatic rings. The number of carbonyl (C=O) groups excluding carboxylic acids is 1. The van der Waals surface area contributed by atoms with E-state index in [0.717, 1.165) is 0 Å². The van der Waals surface area contributed by atoms with Crippen molar-refractivity contribution in [3.05, 3.63) is 35.9 Å². The van der Waals surface area contributed by atoms with Gasteiger partial charge in [0.15, 0.2) is 6.04 Å². The van der Waals surface area contributed by atoms with Gasteiger partial charge in [-0.25, -0.2) is 4.79 Å². The van der Waals surface area contributed by atoms with E-state index < -0.39 is 12.0 Å². The normalized spacial score (nSPS) is 12.2. The third-order valence-corrected chi connectivity index (χ3v) is 2.47. The van der Waals surface area contributed by atoms with Gasteiger partial charge in [-0.15, -0.1) is 0 Å². The Kier molecular flexibility index (Phi) is 5.32. The van der Waals surface area contributed by atoms with Crippen LogP contribution in [0.2, 0.25) is 0 Å². The van der Waals surface area contributed by atoms with Crippen LogP contribution in [0.1, 0.15) is 18.0 Å². The van der Waals surface area contributed by atoms with Gasteiger partial charge in [-0.2, -0.15) is 0 Å². The van der Waals surface area contributed by atoms with Crippen molar-refractivity contribution in [1.29, 1.82) is 0 Å². The van der Waals surface area contributed by atoms with Gasteiger partial charge in [0.05, 0.1) is 0 Å². The Labute approximate surface area is 106 Å². The van der Waals surface area contributed by atoms with E-state index in [1.807, 2.05) is 19.0 Å². The summed E-state index contributed by atoms with van der Waals surface area (Å²) in [6.45, 7) is 0.590. The van der Waals surface area contributed by atoms with Crippen molar-refractivity contribution in [3.8, 4) is 0 Å². The van der Waals surface area contributed by atoms with Gasteiger partial charge in [-0.1, -0.05) is 30.3 Å². The van der Waals surface area contributed by atoms with E-state index >= 15 is 0 Å². The highest BCUT2D eigenvalue weighted by molar-refractivity contribution is 5.84. The summed E-state index contributed by atoms with van der Waals surface area (Å²) in [5, 5.41) is 11.7. The summed E-state index contributed by atoms with van der Waals surface area (Å²) in [6, 6.07) is 7.68. The summed E-state index contributed by atoms with van der Waals surface area (Å²) in [5.74, 6) is -1.32. The molecule has 0 saturated heterocycles. The van der Waals surface area contributed by atoms with Gasteiger partial charge in [0.1, 0.15) is 0 Å². The molecule has 0 saturated carbocycles. The smallest absolute Gasteiger partial charge is 0.330 e. The van der Waals surface area contributed by atoms with Crippen LogP contribution in [0.15, 0.2) is 30.3 Å². The van der Waals surface area contributed by atoms with E-state index in [2.05, 4.69) is 5.32 Å². The summed E-state index contributed by atoms with van der Waals surface area (Å²) in [7, 11) is 3.72. The molecule has 0 fully saturated rings. The van der Waals surface area contributed by atoms with E-state index in [1.165, 1.54) is 0 Å². The summed E-state index contributed by atoms with van der Waals surface area (Å²) in [6.07, 6.45) is 0.281. The highest BCUT2D eigenvalue weighted by Gasteiger charge is 2.21.